The van der Waals surface area contributed by atoms with Crippen LogP contribution in [0.4, 0.5) is 29.1 Å². The van der Waals surface area contributed by atoms with Gasteiger partial charge in [-0.25, -0.2) is 14.4 Å². The minimum absolute atomic E-state index is 0.0392. The van der Waals surface area contributed by atoms with E-state index in [1.807, 2.05) is 12.1 Å². The highest BCUT2D eigenvalue weighted by Gasteiger charge is 2.34. The van der Waals surface area contributed by atoms with Crippen molar-refractivity contribution < 1.29 is 22.3 Å². The molecule has 0 radical (unpaired) electrons. The van der Waals surface area contributed by atoms with Gasteiger partial charge in [0.1, 0.15) is 5.82 Å². The Morgan fingerprint density at radius 3 is 2.26 bits per heavy atom. The lowest BCUT2D eigenvalue weighted by Crippen LogP contribution is -2.47. The number of hydrogen-bond acceptors (Lipinski definition) is 5. The lowest BCUT2D eigenvalue weighted by Gasteiger charge is -2.37. The summed E-state index contributed by atoms with van der Waals surface area (Å²) in [6.07, 6.45) is -4.52. The van der Waals surface area contributed by atoms with Gasteiger partial charge in [0.15, 0.2) is 17.4 Å². The van der Waals surface area contributed by atoms with Crippen molar-refractivity contribution in [1.82, 2.24) is 9.97 Å². The van der Waals surface area contributed by atoms with E-state index < -0.39 is 17.6 Å². The number of benzene rings is 3. The molecule has 0 unspecified atom stereocenters. The first-order chi connectivity index (χ1) is 16.8. The summed E-state index contributed by atoms with van der Waals surface area (Å²) >= 11 is 0. The molecule has 1 aromatic heterocycles. The third-order valence-corrected chi connectivity index (χ3v) is 6.14. The van der Waals surface area contributed by atoms with Gasteiger partial charge in [-0.2, -0.15) is 13.2 Å². The molecular formula is C26H22F4N4O. The Balaban J connectivity index is 1.49. The molecule has 0 bridgehead atoms. The van der Waals surface area contributed by atoms with E-state index in [9.17, 15) is 17.6 Å². The van der Waals surface area contributed by atoms with Crippen LogP contribution in [0.15, 0.2) is 66.7 Å². The number of halogens is 4. The molecule has 0 spiro atoms. The highest BCUT2D eigenvalue weighted by Crippen LogP contribution is 2.37. The zero-order valence-electron chi connectivity index (χ0n) is 18.9. The summed E-state index contributed by atoms with van der Waals surface area (Å²) in [5.41, 5.74) is 0.603. The minimum Gasteiger partial charge on any atom is -0.494 e. The van der Waals surface area contributed by atoms with E-state index in [2.05, 4.69) is 19.8 Å². The van der Waals surface area contributed by atoms with Gasteiger partial charge < -0.3 is 14.5 Å². The van der Waals surface area contributed by atoms with Crippen molar-refractivity contribution in [2.24, 2.45) is 0 Å². The predicted molar refractivity (Wildman–Crippen MR) is 127 cm³/mol. The second-order valence-electron chi connectivity index (χ2n) is 8.22. The molecule has 0 N–H and O–H groups in total. The van der Waals surface area contributed by atoms with Crippen LogP contribution in [0.3, 0.4) is 0 Å². The number of fused-ring (bicyclic) bond motifs is 1. The highest BCUT2D eigenvalue weighted by atomic mass is 19.4. The van der Waals surface area contributed by atoms with Gasteiger partial charge in [-0.15, -0.1) is 0 Å². The average Bonchev–Trinajstić information content (AvgIpc) is 2.88. The maximum Gasteiger partial charge on any atom is 0.417 e. The normalized spacial score (nSPS) is 14.4. The number of rotatable bonds is 4. The third kappa shape index (κ3) is 4.45. The standard InChI is InChI=1S/C26H22F4N4O/c1-35-23-16-17(10-11-21(23)27)33-12-14-34(15-13-33)25-19-7-3-5-9-22(19)31-24(32-25)18-6-2-4-8-20(18)26(28,29)30/h2-11,16H,12-15H2,1H3. The minimum atomic E-state index is -4.52. The molecule has 35 heavy (non-hydrogen) atoms. The molecule has 0 aliphatic carbocycles. The average molecular weight is 482 g/mol. The van der Waals surface area contributed by atoms with Gasteiger partial charge in [0.2, 0.25) is 0 Å². The number of methoxy groups -OCH3 is 1. The Labute approximate surface area is 199 Å². The Morgan fingerprint density at radius 1 is 0.829 bits per heavy atom. The Hall–Kier alpha value is -3.88. The predicted octanol–water partition coefficient (Wildman–Crippen LogP) is 5.79. The van der Waals surface area contributed by atoms with Crippen molar-refractivity contribution >= 4 is 22.4 Å². The lowest BCUT2D eigenvalue weighted by molar-refractivity contribution is -0.137. The second-order valence-corrected chi connectivity index (χ2v) is 8.22. The van der Waals surface area contributed by atoms with Crippen molar-refractivity contribution in [3.8, 4) is 17.1 Å². The molecule has 9 heteroatoms. The van der Waals surface area contributed by atoms with Crippen LogP contribution < -0.4 is 14.5 Å². The summed E-state index contributed by atoms with van der Waals surface area (Å²) in [6.45, 7) is 2.42. The number of ether oxygens (including phenoxy) is 1. The van der Waals surface area contributed by atoms with Gasteiger partial charge in [0, 0.05) is 48.9 Å². The molecule has 5 rings (SSSR count). The summed E-state index contributed by atoms with van der Waals surface area (Å²) in [4.78, 5) is 13.3. The van der Waals surface area contributed by atoms with Gasteiger partial charge in [-0.3, -0.25) is 0 Å². The molecule has 0 atom stereocenters. The summed E-state index contributed by atoms with van der Waals surface area (Å²) in [6, 6.07) is 17.4. The zero-order valence-corrected chi connectivity index (χ0v) is 18.9. The van der Waals surface area contributed by atoms with Crippen LogP contribution in [0.5, 0.6) is 5.75 Å². The molecule has 2 heterocycles. The first-order valence-corrected chi connectivity index (χ1v) is 11.1. The number of nitrogens with zero attached hydrogens (tertiary/aromatic N) is 4. The molecule has 3 aromatic carbocycles. The Morgan fingerprint density at radius 2 is 1.51 bits per heavy atom. The van der Waals surface area contributed by atoms with Crippen LogP contribution in [-0.4, -0.2) is 43.3 Å². The third-order valence-electron chi connectivity index (χ3n) is 6.14. The van der Waals surface area contributed by atoms with Crippen LogP contribution in [0.25, 0.3) is 22.3 Å². The van der Waals surface area contributed by atoms with Crippen LogP contribution in [-0.2, 0) is 6.18 Å². The van der Waals surface area contributed by atoms with Crippen LogP contribution in [0, 0.1) is 5.82 Å². The summed E-state index contributed by atoms with van der Waals surface area (Å²) in [5, 5.41) is 0.776. The van der Waals surface area contributed by atoms with E-state index in [1.54, 1.807) is 30.3 Å². The van der Waals surface area contributed by atoms with Gasteiger partial charge >= 0.3 is 6.18 Å². The fourth-order valence-corrected chi connectivity index (χ4v) is 4.37. The van der Waals surface area contributed by atoms with E-state index in [1.165, 1.54) is 25.3 Å². The largest absolute Gasteiger partial charge is 0.494 e. The monoisotopic (exact) mass is 482 g/mol. The van der Waals surface area contributed by atoms with Gasteiger partial charge in [0.05, 0.1) is 18.2 Å². The topological polar surface area (TPSA) is 41.5 Å². The molecule has 0 amide bonds. The van der Waals surface area contributed by atoms with E-state index in [-0.39, 0.29) is 17.1 Å². The first kappa shape index (κ1) is 22.9. The summed E-state index contributed by atoms with van der Waals surface area (Å²) in [7, 11) is 1.43. The Kier molecular flexibility index (Phi) is 5.92. The molecule has 1 aliphatic heterocycles. The maximum absolute atomic E-state index is 13.8. The molecule has 1 aliphatic rings. The van der Waals surface area contributed by atoms with Gasteiger partial charge in [0.25, 0.3) is 0 Å². The quantitative estimate of drug-likeness (QED) is 0.345. The van der Waals surface area contributed by atoms with E-state index in [4.69, 9.17) is 4.74 Å². The van der Waals surface area contributed by atoms with Crippen LogP contribution in [0.1, 0.15) is 5.56 Å². The van der Waals surface area contributed by atoms with E-state index in [0.717, 1.165) is 17.1 Å². The van der Waals surface area contributed by atoms with Crippen molar-refractivity contribution in [3.63, 3.8) is 0 Å². The number of para-hydroxylation sites is 1. The molecule has 180 valence electrons. The number of hydrogen-bond donors (Lipinski definition) is 0. The summed E-state index contributed by atoms with van der Waals surface area (Å²) < 4.78 is 60.0. The zero-order chi connectivity index (χ0) is 24.6. The molecule has 1 fully saturated rings. The van der Waals surface area contributed by atoms with Crippen molar-refractivity contribution in [2.45, 2.75) is 6.18 Å². The van der Waals surface area contributed by atoms with Crippen molar-refractivity contribution in [2.75, 3.05) is 43.1 Å². The fourth-order valence-electron chi connectivity index (χ4n) is 4.37. The fraction of sp³-hybridized carbons (Fsp3) is 0.231. The van der Waals surface area contributed by atoms with Crippen LogP contribution in [0.2, 0.25) is 0 Å². The number of alkyl halides is 3. The molecule has 1 saturated heterocycles. The van der Waals surface area contributed by atoms with E-state index in [0.29, 0.717) is 37.5 Å². The molecule has 5 nitrogen and oxygen atoms in total. The van der Waals surface area contributed by atoms with Gasteiger partial charge in [-0.05, 0) is 30.3 Å². The van der Waals surface area contributed by atoms with Crippen LogP contribution >= 0.6 is 0 Å². The number of aromatic nitrogens is 2. The Bertz CT molecular complexity index is 1370. The lowest BCUT2D eigenvalue weighted by atomic mass is 10.1. The number of anilines is 2. The summed E-state index contributed by atoms with van der Waals surface area (Å²) in [5.74, 6) is 0.393. The molecule has 4 aromatic rings. The van der Waals surface area contributed by atoms with E-state index >= 15 is 0 Å². The second kappa shape index (κ2) is 9.05. The first-order valence-electron chi connectivity index (χ1n) is 11.1. The maximum atomic E-state index is 13.8. The molecule has 0 saturated carbocycles. The highest BCUT2D eigenvalue weighted by molar-refractivity contribution is 5.91. The van der Waals surface area contributed by atoms with Crippen molar-refractivity contribution in [1.29, 1.82) is 0 Å². The van der Waals surface area contributed by atoms with Crippen molar-refractivity contribution in [3.05, 3.63) is 78.1 Å². The smallest absolute Gasteiger partial charge is 0.417 e. The SMILES string of the molecule is COc1cc(N2CCN(c3nc(-c4ccccc4C(F)(F)F)nc4ccccc34)CC2)ccc1F. The molecular weight excluding hydrogens is 460 g/mol. The van der Waals surface area contributed by atoms with Gasteiger partial charge in [-0.1, -0.05) is 30.3 Å². The number of piperazine rings is 1.